The van der Waals surface area contributed by atoms with Crippen LogP contribution in [-0.4, -0.2) is 57.7 Å². The van der Waals surface area contributed by atoms with Gasteiger partial charge in [0, 0.05) is 43.9 Å². The highest BCUT2D eigenvalue weighted by Gasteiger charge is 2.40. The second kappa shape index (κ2) is 10.0. The second-order valence-corrected chi connectivity index (χ2v) is 9.40. The Balaban J connectivity index is 1.40. The number of nitrogens with one attached hydrogen (secondary N) is 2. The van der Waals surface area contributed by atoms with Gasteiger partial charge in [0.2, 0.25) is 11.8 Å². The van der Waals surface area contributed by atoms with Crippen molar-refractivity contribution in [3.63, 3.8) is 0 Å². The molecule has 34 heavy (non-hydrogen) atoms. The molecule has 3 amide bonds. The maximum atomic E-state index is 13.2. The van der Waals surface area contributed by atoms with E-state index in [9.17, 15) is 14.4 Å². The highest BCUT2D eigenvalue weighted by Crippen LogP contribution is 2.31. The molecule has 2 N–H and O–H groups in total. The summed E-state index contributed by atoms with van der Waals surface area (Å²) in [6.45, 7) is 3.92. The molecule has 2 atom stereocenters. The van der Waals surface area contributed by atoms with Gasteiger partial charge >= 0.3 is 0 Å². The molecule has 4 heterocycles. The average molecular weight is 462 g/mol. The van der Waals surface area contributed by atoms with E-state index in [1.54, 1.807) is 4.90 Å². The molecule has 1 aromatic carbocycles. The lowest BCUT2D eigenvalue weighted by Crippen LogP contribution is -2.52. The van der Waals surface area contributed by atoms with Gasteiger partial charge in [-0.25, -0.2) is 0 Å². The molecule has 3 aliphatic heterocycles. The Labute approximate surface area is 199 Å². The van der Waals surface area contributed by atoms with Crippen LogP contribution in [0.15, 0.2) is 42.6 Å². The largest absolute Gasteiger partial charge is 0.322 e. The van der Waals surface area contributed by atoms with E-state index >= 15 is 0 Å². The summed E-state index contributed by atoms with van der Waals surface area (Å²) in [5.74, 6) is -0.767. The van der Waals surface area contributed by atoms with Crippen LogP contribution in [0.2, 0.25) is 0 Å². The molecule has 2 saturated heterocycles. The van der Waals surface area contributed by atoms with Gasteiger partial charge in [-0.1, -0.05) is 18.2 Å². The number of fused-ring (bicyclic) bond motifs is 1. The van der Waals surface area contributed by atoms with E-state index in [0.29, 0.717) is 24.6 Å². The van der Waals surface area contributed by atoms with E-state index in [0.717, 1.165) is 62.3 Å². The average Bonchev–Trinajstić information content (AvgIpc) is 3.00. The van der Waals surface area contributed by atoms with Crippen molar-refractivity contribution in [3.05, 3.63) is 65.0 Å². The Morgan fingerprint density at radius 2 is 1.91 bits per heavy atom. The Bertz CT molecular complexity index is 1070. The molecule has 0 aliphatic carbocycles. The predicted octanol–water partition coefficient (Wildman–Crippen LogP) is 1.99. The minimum Gasteiger partial charge on any atom is -0.322 e. The standard InChI is InChI=1S/C26H31N5O3/c32-24-10-9-23(25(33)29-24)31-17-22-18(5-3-8-21(22)26(31)34)15-30(16-19-6-1-2-13-28-19)20-7-4-12-27-14-11-20/h1-3,5-6,8,13,20,23,27H,4,7,9-12,14-17H2,(H,29,32,33). The number of aromatic nitrogens is 1. The van der Waals surface area contributed by atoms with Gasteiger partial charge in [-0.05, 0) is 68.1 Å². The van der Waals surface area contributed by atoms with Crippen molar-refractivity contribution >= 4 is 17.7 Å². The summed E-state index contributed by atoms with van der Waals surface area (Å²) in [5.41, 5.74) is 3.82. The van der Waals surface area contributed by atoms with Crippen molar-refractivity contribution < 1.29 is 14.4 Å². The molecule has 0 radical (unpaired) electrons. The quantitative estimate of drug-likeness (QED) is 0.639. The number of carbonyl (C=O) groups is 3. The summed E-state index contributed by atoms with van der Waals surface area (Å²) in [4.78, 5) is 45.9. The van der Waals surface area contributed by atoms with Crippen molar-refractivity contribution in [2.75, 3.05) is 13.1 Å². The van der Waals surface area contributed by atoms with Crippen LogP contribution in [0.4, 0.5) is 0 Å². The van der Waals surface area contributed by atoms with Crippen LogP contribution in [0.3, 0.4) is 0 Å². The molecule has 0 saturated carbocycles. The number of hydrogen-bond donors (Lipinski definition) is 2. The Hall–Kier alpha value is -3.10. The monoisotopic (exact) mass is 461 g/mol. The molecule has 2 aromatic rings. The van der Waals surface area contributed by atoms with Gasteiger partial charge in [0.1, 0.15) is 6.04 Å². The van der Waals surface area contributed by atoms with E-state index in [2.05, 4.69) is 32.7 Å². The first-order chi connectivity index (χ1) is 16.6. The number of carbonyl (C=O) groups excluding carboxylic acids is 3. The molecule has 2 fully saturated rings. The van der Waals surface area contributed by atoms with Crippen LogP contribution >= 0.6 is 0 Å². The number of piperidine rings is 1. The first kappa shape index (κ1) is 22.7. The van der Waals surface area contributed by atoms with Gasteiger partial charge in [-0.15, -0.1) is 0 Å². The predicted molar refractivity (Wildman–Crippen MR) is 126 cm³/mol. The molecule has 178 valence electrons. The van der Waals surface area contributed by atoms with E-state index in [4.69, 9.17) is 0 Å². The van der Waals surface area contributed by atoms with E-state index < -0.39 is 6.04 Å². The van der Waals surface area contributed by atoms with Gasteiger partial charge < -0.3 is 10.2 Å². The van der Waals surface area contributed by atoms with Crippen LogP contribution in [0.25, 0.3) is 0 Å². The van der Waals surface area contributed by atoms with Crippen molar-refractivity contribution in [1.82, 2.24) is 25.4 Å². The third-order valence-corrected chi connectivity index (χ3v) is 7.21. The van der Waals surface area contributed by atoms with Crippen LogP contribution in [0.1, 0.15) is 59.3 Å². The van der Waals surface area contributed by atoms with Crippen molar-refractivity contribution in [2.45, 2.75) is 63.8 Å². The third-order valence-electron chi connectivity index (χ3n) is 7.21. The zero-order chi connectivity index (χ0) is 23.5. The highest BCUT2D eigenvalue weighted by molar-refractivity contribution is 6.05. The lowest BCUT2D eigenvalue weighted by atomic mass is 10.0. The van der Waals surface area contributed by atoms with E-state index in [-0.39, 0.29) is 24.1 Å². The number of hydrogen-bond acceptors (Lipinski definition) is 6. The third kappa shape index (κ3) is 4.74. The summed E-state index contributed by atoms with van der Waals surface area (Å²) >= 11 is 0. The number of pyridine rings is 1. The van der Waals surface area contributed by atoms with Crippen molar-refractivity contribution in [3.8, 4) is 0 Å². The number of nitrogens with zero attached hydrogens (tertiary/aromatic N) is 3. The zero-order valence-corrected chi connectivity index (χ0v) is 19.3. The molecule has 1 aromatic heterocycles. The van der Waals surface area contributed by atoms with Crippen molar-refractivity contribution in [2.24, 2.45) is 0 Å². The lowest BCUT2D eigenvalue weighted by Gasteiger charge is -2.32. The summed E-state index contributed by atoms with van der Waals surface area (Å²) in [7, 11) is 0. The summed E-state index contributed by atoms with van der Waals surface area (Å²) in [6, 6.07) is 11.7. The normalized spacial score (nSPS) is 23.1. The smallest absolute Gasteiger partial charge is 0.255 e. The first-order valence-corrected chi connectivity index (χ1v) is 12.2. The topological polar surface area (TPSA) is 94.6 Å². The molecule has 0 bridgehead atoms. The van der Waals surface area contributed by atoms with Gasteiger partial charge in [0.05, 0.1) is 5.69 Å². The minimum atomic E-state index is -0.594. The van der Waals surface area contributed by atoms with Gasteiger partial charge in [0.25, 0.3) is 5.91 Å². The number of rotatable bonds is 6. The van der Waals surface area contributed by atoms with Crippen LogP contribution in [0.5, 0.6) is 0 Å². The SMILES string of the molecule is O=C1CCC(N2Cc3c(CN(Cc4ccccn4)C4CCCNCC4)cccc3C2=O)C(=O)N1. The van der Waals surface area contributed by atoms with E-state index in [1.807, 2.05) is 30.5 Å². The Morgan fingerprint density at radius 3 is 2.74 bits per heavy atom. The lowest BCUT2D eigenvalue weighted by molar-refractivity contribution is -0.136. The number of benzene rings is 1. The van der Waals surface area contributed by atoms with E-state index in [1.165, 1.54) is 0 Å². The fourth-order valence-electron chi connectivity index (χ4n) is 5.40. The molecular formula is C26H31N5O3. The van der Waals surface area contributed by atoms with Crippen molar-refractivity contribution in [1.29, 1.82) is 0 Å². The molecule has 8 nitrogen and oxygen atoms in total. The number of amides is 3. The van der Waals surface area contributed by atoms with Crippen LogP contribution in [0, 0.1) is 0 Å². The summed E-state index contributed by atoms with van der Waals surface area (Å²) in [5, 5.41) is 5.89. The highest BCUT2D eigenvalue weighted by atomic mass is 16.2. The number of imide groups is 1. The zero-order valence-electron chi connectivity index (χ0n) is 19.3. The fraction of sp³-hybridized carbons (Fsp3) is 0.462. The molecule has 8 heteroatoms. The minimum absolute atomic E-state index is 0.124. The molecule has 3 aliphatic rings. The fourth-order valence-corrected chi connectivity index (χ4v) is 5.40. The van der Waals surface area contributed by atoms with Crippen LogP contribution < -0.4 is 10.6 Å². The molecule has 5 rings (SSSR count). The van der Waals surface area contributed by atoms with Gasteiger partial charge in [0.15, 0.2) is 0 Å². The maximum absolute atomic E-state index is 13.2. The molecule has 0 spiro atoms. The first-order valence-electron chi connectivity index (χ1n) is 12.2. The molecular weight excluding hydrogens is 430 g/mol. The molecule has 2 unspecified atom stereocenters. The summed E-state index contributed by atoms with van der Waals surface area (Å²) < 4.78 is 0. The Morgan fingerprint density at radius 1 is 1.00 bits per heavy atom. The Kier molecular flexibility index (Phi) is 6.69. The summed E-state index contributed by atoms with van der Waals surface area (Å²) in [6.07, 6.45) is 5.80. The van der Waals surface area contributed by atoms with Gasteiger partial charge in [-0.2, -0.15) is 0 Å². The second-order valence-electron chi connectivity index (χ2n) is 9.40. The van der Waals surface area contributed by atoms with Crippen LogP contribution in [-0.2, 0) is 29.2 Å². The van der Waals surface area contributed by atoms with Gasteiger partial charge in [-0.3, -0.25) is 29.6 Å². The maximum Gasteiger partial charge on any atom is 0.255 e.